The second-order valence-electron chi connectivity index (χ2n) is 2.75. The number of nitrogens with two attached hydrogens (primary N) is 1. The van der Waals surface area contributed by atoms with Crippen LogP contribution in [0.1, 0.15) is 27.9 Å². The van der Waals surface area contributed by atoms with Gasteiger partial charge in [0, 0.05) is 6.20 Å². The van der Waals surface area contributed by atoms with Crippen molar-refractivity contribution in [2.75, 3.05) is 12.8 Å². The Balaban J connectivity index is 3.56. The summed E-state index contributed by atoms with van der Waals surface area (Å²) in [6, 6.07) is 1.52. The number of hydrogen-bond acceptors (Lipinski definition) is 5. The van der Waals surface area contributed by atoms with Crippen LogP contribution in [0.3, 0.4) is 0 Å². The third kappa shape index (κ3) is 1.91. The summed E-state index contributed by atoms with van der Waals surface area (Å²) < 4.78 is 29.7. The molecule has 0 unspecified atom stereocenters. The highest BCUT2D eigenvalue weighted by molar-refractivity contribution is 5.96. The zero-order valence-corrected chi connectivity index (χ0v) is 8.20. The summed E-state index contributed by atoms with van der Waals surface area (Å²) in [5.41, 5.74) is 3.60. The van der Waals surface area contributed by atoms with Crippen LogP contribution in [-0.2, 0) is 4.74 Å². The molecule has 0 fully saturated rings. The van der Waals surface area contributed by atoms with E-state index in [-0.39, 0.29) is 5.82 Å². The maximum atomic E-state index is 12.7. The van der Waals surface area contributed by atoms with Crippen LogP contribution in [0.15, 0.2) is 6.20 Å². The Hall–Kier alpha value is -2.23. The monoisotopic (exact) mass is 227 g/mol. The number of nitrogen functional groups attached to an aromatic ring is 1. The summed E-state index contributed by atoms with van der Waals surface area (Å²) in [7, 11) is 1.02. The lowest BCUT2D eigenvalue weighted by Gasteiger charge is -2.10. The number of aromatic nitrogens is 1. The molecule has 0 atom stereocenters. The Morgan fingerprint density at radius 1 is 1.69 bits per heavy atom. The van der Waals surface area contributed by atoms with Crippen LogP contribution in [-0.4, -0.2) is 18.1 Å². The normalized spacial score (nSPS) is 9.94. The number of carbonyl (C=O) groups is 1. The highest BCUT2D eigenvalue weighted by Gasteiger charge is 2.26. The first-order valence-electron chi connectivity index (χ1n) is 4.07. The van der Waals surface area contributed by atoms with E-state index >= 15 is 0 Å². The molecule has 0 aromatic carbocycles. The van der Waals surface area contributed by atoms with Gasteiger partial charge in [-0.15, -0.1) is 0 Å². The molecule has 0 bridgehead atoms. The molecule has 1 heterocycles. The number of esters is 1. The molecule has 0 saturated heterocycles. The number of carbonyl (C=O) groups excluding carboxylic acids is 1. The van der Waals surface area contributed by atoms with Crippen molar-refractivity contribution in [3.8, 4) is 6.07 Å². The highest BCUT2D eigenvalue weighted by atomic mass is 19.3. The van der Waals surface area contributed by atoms with Crippen LogP contribution in [0.5, 0.6) is 0 Å². The first kappa shape index (κ1) is 11.8. The minimum Gasteiger partial charge on any atom is -0.465 e. The van der Waals surface area contributed by atoms with Gasteiger partial charge in [0.25, 0.3) is 6.43 Å². The molecule has 2 N–H and O–H groups in total. The van der Waals surface area contributed by atoms with Crippen LogP contribution in [0.4, 0.5) is 14.6 Å². The molecule has 1 aromatic rings. The first-order valence-corrected chi connectivity index (χ1v) is 4.07. The van der Waals surface area contributed by atoms with E-state index < -0.39 is 29.1 Å². The van der Waals surface area contributed by atoms with Crippen molar-refractivity contribution >= 4 is 11.8 Å². The topological polar surface area (TPSA) is 89.0 Å². The molecule has 0 spiro atoms. The van der Waals surface area contributed by atoms with E-state index in [1.54, 1.807) is 0 Å². The largest absolute Gasteiger partial charge is 0.465 e. The summed E-state index contributed by atoms with van der Waals surface area (Å²) in [5.74, 6) is -1.43. The molecule has 0 aliphatic heterocycles. The zero-order chi connectivity index (χ0) is 12.3. The van der Waals surface area contributed by atoms with Crippen molar-refractivity contribution in [3.05, 3.63) is 22.9 Å². The highest BCUT2D eigenvalue weighted by Crippen LogP contribution is 2.29. The smallest absolute Gasteiger partial charge is 0.342 e. The average molecular weight is 227 g/mol. The number of nitrogens with zero attached hydrogens (tertiary/aromatic N) is 2. The van der Waals surface area contributed by atoms with Crippen molar-refractivity contribution in [2.45, 2.75) is 6.43 Å². The lowest BCUT2D eigenvalue weighted by molar-refractivity contribution is 0.0590. The molecular formula is C9H7F2N3O2. The quantitative estimate of drug-likeness (QED) is 0.768. The van der Waals surface area contributed by atoms with E-state index in [9.17, 15) is 13.6 Å². The lowest BCUT2D eigenvalue weighted by Crippen LogP contribution is -2.13. The predicted octanol–water partition coefficient (Wildman–Crippen LogP) is 1.26. The maximum Gasteiger partial charge on any atom is 0.342 e. The number of anilines is 1. The number of rotatable bonds is 2. The minimum absolute atomic E-state index is 0.388. The zero-order valence-electron chi connectivity index (χ0n) is 8.20. The summed E-state index contributed by atoms with van der Waals surface area (Å²) >= 11 is 0. The number of hydrogen-bond donors (Lipinski definition) is 1. The molecule has 5 nitrogen and oxygen atoms in total. The molecule has 1 rings (SSSR count). The molecule has 0 aliphatic rings. The molecular weight excluding hydrogens is 220 g/mol. The fourth-order valence-electron chi connectivity index (χ4n) is 1.17. The molecule has 0 amide bonds. The van der Waals surface area contributed by atoms with Crippen molar-refractivity contribution in [1.82, 2.24) is 4.98 Å². The van der Waals surface area contributed by atoms with Crippen LogP contribution >= 0.6 is 0 Å². The molecule has 0 radical (unpaired) electrons. The van der Waals surface area contributed by atoms with Crippen molar-refractivity contribution < 1.29 is 18.3 Å². The minimum atomic E-state index is -3.01. The van der Waals surface area contributed by atoms with Crippen molar-refractivity contribution in [2.24, 2.45) is 0 Å². The van der Waals surface area contributed by atoms with Crippen LogP contribution in [0, 0.1) is 11.3 Å². The van der Waals surface area contributed by atoms with Gasteiger partial charge >= 0.3 is 5.97 Å². The van der Waals surface area contributed by atoms with Crippen molar-refractivity contribution in [3.63, 3.8) is 0 Å². The Kier molecular flexibility index (Phi) is 3.35. The van der Waals surface area contributed by atoms with Gasteiger partial charge in [0.1, 0.15) is 17.5 Å². The molecule has 16 heavy (non-hydrogen) atoms. The van der Waals surface area contributed by atoms with E-state index in [2.05, 4.69) is 9.72 Å². The number of pyridine rings is 1. The van der Waals surface area contributed by atoms with E-state index in [0.29, 0.717) is 0 Å². The van der Waals surface area contributed by atoms with Crippen LogP contribution in [0.25, 0.3) is 0 Å². The Morgan fingerprint density at radius 3 is 2.75 bits per heavy atom. The molecule has 84 valence electrons. The van der Waals surface area contributed by atoms with E-state index in [0.717, 1.165) is 13.3 Å². The molecule has 0 saturated carbocycles. The first-order chi connectivity index (χ1) is 7.52. The standard InChI is InChI=1S/C9H7F2N3O2/c1-16-9(15)6-5(7(10)11)4(2-12)3-14-8(6)13/h3,7H,1H3,(H2,13,14). The third-order valence-corrected chi connectivity index (χ3v) is 1.88. The number of nitriles is 1. The van der Waals surface area contributed by atoms with Gasteiger partial charge in [-0.1, -0.05) is 0 Å². The van der Waals surface area contributed by atoms with E-state index in [1.807, 2.05) is 0 Å². The SMILES string of the molecule is COC(=O)c1c(N)ncc(C#N)c1C(F)F. The van der Waals surface area contributed by atoms with Gasteiger partial charge in [-0.3, -0.25) is 0 Å². The fourth-order valence-corrected chi connectivity index (χ4v) is 1.17. The van der Waals surface area contributed by atoms with Gasteiger partial charge in [-0.05, 0) is 0 Å². The number of alkyl halides is 2. The summed E-state index contributed by atoms with van der Waals surface area (Å²) in [6.45, 7) is 0. The summed E-state index contributed by atoms with van der Waals surface area (Å²) in [4.78, 5) is 14.7. The van der Waals surface area contributed by atoms with Crippen LogP contribution in [0.2, 0.25) is 0 Å². The van der Waals surface area contributed by atoms with Gasteiger partial charge in [-0.25, -0.2) is 18.6 Å². The molecule has 7 heteroatoms. The van der Waals surface area contributed by atoms with E-state index in [1.165, 1.54) is 6.07 Å². The predicted molar refractivity (Wildman–Crippen MR) is 49.7 cm³/mol. The molecule has 0 aliphatic carbocycles. The Bertz CT molecular complexity index is 469. The number of ether oxygens (including phenoxy) is 1. The number of halogens is 2. The average Bonchev–Trinajstić information content (AvgIpc) is 2.27. The second kappa shape index (κ2) is 4.53. The van der Waals surface area contributed by atoms with Gasteiger partial charge in [0.05, 0.1) is 18.2 Å². The Labute approximate surface area is 89.4 Å². The van der Waals surface area contributed by atoms with Crippen molar-refractivity contribution in [1.29, 1.82) is 5.26 Å². The lowest BCUT2D eigenvalue weighted by atomic mass is 10.0. The fraction of sp³-hybridized carbons (Fsp3) is 0.222. The van der Waals surface area contributed by atoms with Crippen LogP contribution < -0.4 is 5.73 Å². The van der Waals surface area contributed by atoms with E-state index in [4.69, 9.17) is 11.0 Å². The van der Waals surface area contributed by atoms with Gasteiger partial charge in [0.2, 0.25) is 0 Å². The van der Waals surface area contributed by atoms with Gasteiger partial charge in [0.15, 0.2) is 0 Å². The Morgan fingerprint density at radius 2 is 2.31 bits per heavy atom. The maximum absolute atomic E-state index is 12.7. The summed E-state index contributed by atoms with van der Waals surface area (Å²) in [6.07, 6.45) is -2.11. The van der Waals surface area contributed by atoms with Gasteiger partial charge < -0.3 is 10.5 Å². The van der Waals surface area contributed by atoms with Gasteiger partial charge in [-0.2, -0.15) is 5.26 Å². The second-order valence-corrected chi connectivity index (χ2v) is 2.75. The summed E-state index contributed by atoms with van der Waals surface area (Å²) in [5, 5.41) is 8.62. The number of methoxy groups -OCH3 is 1. The molecule has 1 aromatic heterocycles. The third-order valence-electron chi connectivity index (χ3n) is 1.88.